The average molecular weight is 261 g/mol. The Bertz CT molecular complexity index is 325. The Balaban J connectivity index is 2.16. The Hall–Kier alpha value is -0.440. The van der Waals surface area contributed by atoms with Crippen LogP contribution in [-0.4, -0.2) is 5.33 Å². The number of benzene rings is 1. The first-order valence-electron chi connectivity index (χ1n) is 4.65. The molecule has 0 N–H and O–H groups in total. The molecule has 0 atom stereocenters. The Labute approximate surface area is 90.4 Å². The van der Waals surface area contributed by atoms with Gasteiger partial charge in [0.05, 0.1) is 0 Å². The minimum Gasteiger partial charge on any atom is -0.207 e. The molecule has 1 aliphatic rings. The Kier molecular flexibility index (Phi) is 2.60. The summed E-state index contributed by atoms with van der Waals surface area (Å²) >= 11 is 3.44. The van der Waals surface area contributed by atoms with E-state index in [0.29, 0.717) is 0 Å². The Morgan fingerprint density at radius 2 is 1.71 bits per heavy atom. The zero-order valence-corrected chi connectivity index (χ0v) is 9.28. The fourth-order valence-electron chi connectivity index (χ4n) is 1.68. The summed E-state index contributed by atoms with van der Waals surface area (Å²) in [6, 6.07) is 3.76. The van der Waals surface area contributed by atoms with Crippen molar-refractivity contribution in [3.8, 4) is 0 Å². The van der Waals surface area contributed by atoms with E-state index in [0.717, 1.165) is 36.2 Å². The van der Waals surface area contributed by atoms with Crippen LogP contribution in [-0.2, 0) is 6.42 Å². The van der Waals surface area contributed by atoms with Gasteiger partial charge in [0.1, 0.15) is 11.6 Å². The minimum atomic E-state index is -0.481. The topological polar surface area (TPSA) is 0 Å². The highest BCUT2D eigenvalue weighted by molar-refractivity contribution is 9.09. The second-order valence-corrected chi connectivity index (χ2v) is 4.65. The van der Waals surface area contributed by atoms with Crippen LogP contribution in [0.1, 0.15) is 18.4 Å². The fraction of sp³-hybridized carbons (Fsp3) is 0.455. The maximum absolute atomic E-state index is 12.9. The molecule has 76 valence electrons. The predicted molar refractivity (Wildman–Crippen MR) is 55.5 cm³/mol. The van der Waals surface area contributed by atoms with Crippen molar-refractivity contribution < 1.29 is 8.78 Å². The van der Waals surface area contributed by atoms with Gasteiger partial charge in [-0.25, -0.2) is 8.78 Å². The van der Waals surface area contributed by atoms with Crippen LogP contribution < -0.4 is 0 Å². The molecule has 1 aromatic rings. The molecule has 0 nitrogen and oxygen atoms in total. The van der Waals surface area contributed by atoms with Crippen molar-refractivity contribution in [1.82, 2.24) is 0 Å². The van der Waals surface area contributed by atoms with Gasteiger partial charge in [-0.2, -0.15) is 0 Å². The second kappa shape index (κ2) is 3.61. The van der Waals surface area contributed by atoms with Crippen LogP contribution in [0.15, 0.2) is 18.2 Å². The quantitative estimate of drug-likeness (QED) is 0.728. The van der Waals surface area contributed by atoms with Crippen LogP contribution in [0.4, 0.5) is 8.78 Å². The molecule has 2 rings (SSSR count). The molecule has 1 saturated carbocycles. The first-order chi connectivity index (χ1) is 6.63. The smallest absolute Gasteiger partial charge is 0.126 e. The van der Waals surface area contributed by atoms with Gasteiger partial charge in [-0.05, 0) is 42.4 Å². The first-order valence-corrected chi connectivity index (χ1v) is 5.77. The first kappa shape index (κ1) is 10.1. The zero-order chi connectivity index (χ0) is 10.2. The maximum atomic E-state index is 12.9. The summed E-state index contributed by atoms with van der Waals surface area (Å²) in [5.41, 5.74) is 1.03. The molecule has 0 spiro atoms. The third-order valence-electron chi connectivity index (χ3n) is 2.74. The highest BCUT2D eigenvalue weighted by atomic mass is 79.9. The van der Waals surface area contributed by atoms with Crippen molar-refractivity contribution in [3.05, 3.63) is 35.4 Å². The molecule has 0 unspecified atom stereocenters. The van der Waals surface area contributed by atoms with E-state index in [-0.39, 0.29) is 5.41 Å². The van der Waals surface area contributed by atoms with Crippen LogP contribution in [0.5, 0.6) is 0 Å². The summed E-state index contributed by atoms with van der Waals surface area (Å²) in [6.07, 6.45) is 3.07. The van der Waals surface area contributed by atoms with Crippen molar-refractivity contribution in [2.45, 2.75) is 19.3 Å². The molecule has 14 heavy (non-hydrogen) atoms. The Morgan fingerprint density at radius 3 is 2.14 bits per heavy atom. The van der Waals surface area contributed by atoms with Gasteiger partial charge in [0.25, 0.3) is 0 Å². The van der Waals surface area contributed by atoms with Crippen molar-refractivity contribution in [1.29, 1.82) is 0 Å². The largest absolute Gasteiger partial charge is 0.207 e. The third kappa shape index (κ3) is 2.14. The predicted octanol–water partition coefficient (Wildman–Crippen LogP) is 3.68. The highest BCUT2D eigenvalue weighted by Gasteiger charge is 2.41. The summed E-state index contributed by atoms with van der Waals surface area (Å²) in [7, 11) is 0. The molecule has 1 aliphatic carbocycles. The van der Waals surface area contributed by atoms with Crippen molar-refractivity contribution in [2.75, 3.05) is 5.33 Å². The van der Waals surface area contributed by atoms with Crippen molar-refractivity contribution in [3.63, 3.8) is 0 Å². The lowest BCUT2D eigenvalue weighted by molar-refractivity contribution is 0.556. The summed E-state index contributed by atoms with van der Waals surface area (Å²) in [5, 5.41) is 0.915. The van der Waals surface area contributed by atoms with Crippen LogP contribution in [0, 0.1) is 17.0 Å². The summed E-state index contributed by atoms with van der Waals surface area (Å²) < 4.78 is 25.8. The van der Waals surface area contributed by atoms with E-state index >= 15 is 0 Å². The SMILES string of the molecule is Fc1cc(F)cc(CC2(CBr)CC2)c1. The molecule has 1 aromatic carbocycles. The maximum Gasteiger partial charge on any atom is 0.126 e. The highest BCUT2D eigenvalue weighted by Crippen LogP contribution is 2.49. The monoisotopic (exact) mass is 260 g/mol. The number of rotatable bonds is 3. The molecule has 0 heterocycles. The molecular formula is C11H11BrF2. The van der Waals surface area contributed by atoms with E-state index in [1.165, 1.54) is 12.1 Å². The average Bonchev–Trinajstić information content (AvgIpc) is 2.83. The van der Waals surface area contributed by atoms with Crippen LogP contribution in [0.2, 0.25) is 0 Å². The molecule has 3 heteroatoms. The van der Waals surface area contributed by atoms with E-state index in [2.05, 4.69) is 15.9 Å². The molecule has 0 aliphatic heterocycles. The van der Waals surface area contributed by atoms with Crippen molar-refractivity contribution in [2.24, 2.45) is 5.41 Å². The van der Waals surface area contributed by atoms with Gasteiger partial charge in [0, 0.05) is 11.4 Å². The third-order valence-corrected chi connectivity index (χ3v) is 3.93. The van der Waals surface area contributed by atoms with Gasteiger partial charge in [-0.3, -0.25) is 0 Å². The van der Waals surface area contributed by atoms with Gasteiger partial charge in [-0.1, -0.05) is 15.9 Å². The van der Waals surface area contributed by atoms with E-state index in [9.17, 15) is 8.78 Å². The molecule has 0 amide bonds. The molecular weight excluding hydrogens is 250 g/mol. The van der Waals surface area contributed by atoms with Crippen LogP contribution in [0.25, 0.3) is 0 Å². The van der Waals surface area contributed by atoms with Crippen molar-refractivity contribution >= 4 is 15.9 Å². The summed E-state index contributed by atoms with van der Waals surface area (Å²) in [6.45, 7) is 0. The number of hydrogen-bond acceptors (Lipinski definition) is 0. The van der Waals surface area contributed by atoms with Gasteiger partial charge in [-0.15, -0.1) is 0 Å². The minimum absolute atomic E-state index is 0.264. The lowest BCUT2D eigenvalue weighted by Gasteiger charge is -2.11. The number of hydrogen-bond donors (Lipinski definition) is 0. The van der Waals surface area contributed by atoms with E-state index < -0.39 is 11.6 Å². The summed E-state index contributed by atoms with van der Waals surface area (Å²) in [5.74, 6) is -0.962. The number of alkyl halides is 1. The standard InChI is InChI=1S/C11H11BrF2/c12-7-11(1-2-11)6-8-3-9(13)5-10(14)4-8/h3-5H,1-2,6-7H2. The Morgan fingerprint density at radius 1 is 1.14 bits per heavy atom. The lowest BCUT2D eigenvalue weighted by atomic mass is 9.98. The molecule has 0 radical (unpaired) electrons. The molecule has 0 aromatic heterocycles. The zero-order valence-electron chi connectivity index (χ0n) is 7.69. The normalized spacial score (nSPS) is 18.2. The van der Waals surface area contributed by atoms with Gasteiger partial charge < -0.3 is 0 Å². The molecule has 0 bridgehead atoms. The van der Waals surface area contributed by atoms with Gasteiger partial charge in [0.2, 0.25) is 0 Å². The van der Waals surface area contributed by atoms with E-state index in [4.69, 9.17) is 0 Å². The van der Waals surface area contributed by atoms with Gasteiger partial charge >= 0.3 is 0 Å². The molecule has 0 saturated heterocycles. The lowest BCUT2D eigenvalue weighted by Crippen LogP contribution is -2.06. The fourth-order valence-corrected chi connectivity index (χ4v) is 2.44. The number of halogens is 3. The van der Waals surface area contributed by atoms with Crippen LogP contribution in [0.3, 0.4) is 0 Å². The van der Waals surface area contributed by atoms with Crippen LogP contribution >= 0.6 is 15.9 Å². The van der Waals surface area contributed by atoms with E-state index in [1.54, 1.807) is 0 Å². The molecule has 1 fully saturated rings. The van der Waals surface area contributed by atoms with Gasteiger partial charge in [0.15, 0.2) is 0 Å². The van der Waals surface area contributed by atoms with E-state index in [1.807, 2.05) is 0 Å². The second-order valence-electron chi connectivity index (χ2n) is 4.09. The summed E-state index contributed by atoms with van der Waals surface area (Å²) in [4.78, 5) is 0.